The molecule has 1 spiro atoms. The van der Waals surface area contributed by atoms with Gasteiger partial charge in [0.2, 0.25) is 0 Å². The first kappa shape index (κ1) is 11.8. The quantitative estimate of drug-likeness (QED) is 0.545. The molecule has 0 radical (unpaired) electrons. The normalized spacial score (nSPS) is 40.4. The molecule has 3 fully saturated rings. The summed E-state index contributed by atoms with van der Waals surface area (Å²) in [4.78, 5) is 0. The van der Waals surface area contributed by atoms with E-state index in [0.717, 1.165) is 11.8 Å². The second kappa shape index (κ2) is 4.51. The fraction of sp³-hybridized carbons (Fsp3) is 0.579. The van der Waals surface area contributed by atoms with E-state index in [4.69, 9.17) is 0 Å². The molecule has 5 rings (SSSR count). The van der Waals surface area contributed by atoms with Crippen LogP contribution in [0.4, 0.5) is 0 Å². The maximum Gasteiger partial charge on any atom is -0.00159 e. The van der Waals surface area contributed by atoms with E-state index < -0.39 is 0 Å². The summed E-state index contributed by atoms with van der Waals surface area (Å²) in [6.07, 6.45) is 25.3. The first-order valence-electron chi connectivity index (χ1n) is 8.14. The Hall–Kier alpha value is -1.04. The van der Waals surface area contributed by atoms with Gasteiger partial charge in [0.25, 0.3) is 0 Å². The van der Waals surface area contributed by atoms with Crippen LogP contribution in [-0.4, -0.2) is 0 Å². The van der Waals surface area contributed by atoms with Gasteiger partial charge in [-0.1, -0.05) is 54.0 Å². The monoisotopic (exact) mass is 252 g/mol. The molecular weight excluding hydrogens is 228 g/mol. The molecule has 5 aliphatic carbocycles. The van der Waals surface area contributed by atoms with Crippen LogP contribution in [0.3, 0.4) is 0 Å². The molecule has 0 heteroatoms. The first-order chi connectivity index (χ1) is 9.38. The van der Waals surface area contributed by atoms with Gasteiger partial charge in [-0.25, -0.2) is 0 Å². The van der Waals surface area contributed by atoms with Gasteiger partial charge in [0, 0.05) is 0 Å². The van der Waals surface area contributed by atoms with E-state index in [1.807, 2.05) is 0 Å². The molecule has 3 atom stereocenters. The van der Waals surface area contributed by atoms with Crippen LogP contribution in [0.25, 0.3) is 0 Å². The van der Waals surface area contributed by atoms with Gasteiger partial charge in [-0.2, -0.15) is 0 Å². The lowest BCUT2D eigenvalue weighted by atomic mass is 9.78. The molecule has 5 aliphatic rings. The summed E-state index contributed by atoms with van der Waals surface area (Å²) in [5.74, 6) is 1.80. The van der Waals surface area contributed by atoms with Crippen LogP contribution in [-0.2, 0) is 0 Å². The van der Waals surface area contributed by atoms with Crippen LogP contribution in [0.1, 0.15) is 51.4 Å². The summed E-state index contributed by atoms with van der Waals surface area (Å²) in [5.41, 5.74) is 4.16. The van der Waals surface area contributed by atoms with Crippen molar-refractivity contribution in [2.75, 3.05) is 0 Å². The van der Waals surface area contributed by atoms with Gasteiger partial charge in [-0.15, -0.1) is 0 Å². The van der Waals surface area contributed by atoms with Gasteiger partial charge in [0.05, 0.1) is 0 Å². The molecule has 0 bridgehead atoms. The summed E-state index contributed by atoms with van der Waals surface area (Å²) in [5, 5.41) is 0. The molecule has 3 saturated carbocycles. The highest BCUT2D eigenvalue weighted by Crippen LogP contribution is 2.65. The van der Waals surface area contributed by atoms with E-state index in [9.17, 15) is 0 Å². The molecule has 19 heavy (non-hydrogen) atoms. The average molecular weight is 252 g/mol. The minimum atomic E-state index is 0.715. The average Bonchev–Trinajstić information content (AvgIpc) is 2.77. The van der Waals surface area contributed by atoms with Crippen LogP contribution in [0, 0.1) is 17.3 Å². The van der Waals surface area contributed by atoms with Crippen molar-refractivity contribution in [1.82, 2.24) is 0 Å². The number of rotatable bonds is 0. The molecular formula is C19H24. The topological polar surface area (TPSA) is 0 Å². The van der Waals surface area contributed by atoms with Crippen molar-refractivity contribution in [2.45, 2.75) is 51.4 Å². The fourth-order valence-corrected chi connectivity index (χ4v) is 4.60. The highest BCUT2D eigenvalue weighted by Gasteiger charge is 2.55. The molecule has 0 aromatic rings. The van der Waals surface area contributed by atoms with E-state index in [2.05, 4.69) is 36.5 Å². The van der Waals surface area contributed by atoms with Crippen LogP contribution in [0.2, 0.25) is 0 Å². The summed E-state index contributed by atoms with van der Waals surface area (Å²) in [6.45, 7) is 0. The van der Waals surface area contributed by atoms with Crippen molar-refractivity contribution >= 4 is 0 Å². The Morgan fingerprint density at radius 2 is 1.89 bits per heavy atom. The van der Waals surface area contributed by atoms with E-state index >= 15 is 0 Å². The van der Waals surface area contributed by atoms with Crippen LogP contribution >= 0.6 is 0 Å². The van der Waals surface area contributed by atoms with Gasteiger partial charge >= 0.3 is 0 Å². The highest BCUT2D eigenvalue weighted by molar-refractivity contribution is 5.37. The van der Waals surface area contributed by atoms with E-state index in [0.29, 0.717) is 5.41 Å². The Morgan fingerprint density at radius 3 is 2.79 bits per heavy atom. The SMILES string of the molecule is C1=CC2CC23CCCCC3=C1.C1=CC2CCCC2=C1. The van der Waals surface area contributed by atoms with E-state index in [1.165, 1.54) is 51.4 Å². The molecule has 0 aromatic carbocycles. The molecule has 0 saturated heterocycles. The van der Waals surface area contributed by atoms with Crippen molar-refractivity contribution in [3.8, 4) is 0 Å². The molecule has 0 nitrogen and oxygen atoms in total. The Morgan fingerprint density at radius 1 is 0.947 bits per heavy atom. The molecule has 100 valence electrons. The lowest BCUT2D eigenvalue weighted by Crippen LogP contribution is -2.14. The molecule has 0 N–H and O–H groups in total. The van der Waals surface area contributed by atoms with Crippen molar-refractivity contribution < 1.29 is 0 Å². The number of hydrogen-bond donors (Lipinski definition) is 0. The zero-order chi connectivity index (χ0) is 12.7. The van der Waals surface area contributed by atoms with Gasteiger partial charge in [0.1, 0.15) is 0 Å². The second-order valence-corrected chi connectivity index (χ2v) is 6.88. The molecule has 0 aliphatic heterocycles. The van der Waals surface area contributed by atoms with Crippen molar-refractivity contribution in [3.05, 3.63) is 47.6 Å². The standard InChI is InChI=1S/C11H14.C8H10/c1-2-7-11-8-10(11)6-3-5-9(11)4-1;1-3-7-5-2-6-8(7)4-1/h3,5-6,10H,1-2,4,7-8H2;1,3-4,7H,2,5-6H2. The molecule has 0 amide bonds. The Kier molecular flexibility index (Phi) is 2.79. The Balaban J connectivity index is 0.000000107. The maximum atomic E-state index is 2.41. The second-order valence-electron chi connectivity index (χ2n) is 6.88. The minimum absolute atomic E-state index is 0.715. The van der Waals surface area contributed by atoms with Gasteiger partial charge < -0.3 is 0 Å². The lowest BCUT2D eigenvalue weighted by Gasteiger charge is -2.27. The largest absolute Gasteiger partial charge is 0.0805 e. The highest BCUT2D eigenvalue weighted by atomic mass is 14.6. The van der Waals surface area contributed by atoms with Crippen LogP contribution in [0.5, 0.6) is 0 Å². The molecule has 3 unspecified atom stereocenters. The van der Waals surface area contributed by atoms with Gasteiger partial charge in [-0.05, 0) is 62.2 Å². The summed E-state index contributed by atoms with van der Waals surface area (Å²) < 4.78 is 0. The smallest absolute Gasteiger partial charge is 0.00159 e. The Labute approximate surface area is 117 Å². The number of allylic oxidation sites excluding steroid dienone is 8. The summed E-state index contributed by atoms with van der Waals surface area (Å²) >= 11 is 0. The predicted molar refractivity (Wildman–Crippen MR) is 80.8 cm³/mol. The van der Waals surface area contributed by atoms with Crippen molar-refractivity contribution in [2.24, 2.45) is 17.3 Å². The molecule has 0 aromatic heterocycles. The van der Waals surface area contributed by atoms with Crippen molar-refractivity contribution in [1.29, 1.82) is 0 Å². The number of hydrogen-bond acceptors (Lipinski definition) is 0. The zero-order valence-electron chi connectivity index (χ0n) is 11.8. The van der Waals surface area contributed by atoms with Gasteiger partial charge in [-0.3, -0.25) is 0 Å². The van der Waals surface area contributed by atoms with Crippen molar-refractivity contribution in [3.63, 3.8) is 0 Å². The van der Waals surface area contributed by atoms with Crippen LogP contribution < -0.4 is 0 Å². The summed E-state index contributed by atoms with van der Waals surface area (Å²) in [6, 6.07) is 0. The van der Waals surface area contributed by atoms with Gasteiger partial charge in [0.15, 0.2) is 0 Å². The van der Waals surface area contributed by atoms with E-state index in [1.54, 1.807) is 11.1 Å². The third-order valence-electron chi connectivity index (χ3n) is 5.84. The first-order valence-corrected chi connectivity index (χ1v) is 8.14. The zero-order valence-corrected chi connectivity index (χ0v) is 11.8. The fourth-order valence-electron chi connectivity index (χ4n) is 4.60. The van der Waals surface area contributed by atoms with Crippen LogP contribution in [0.15, 0.2) is 47.6 Å². The maximum absolute atomic E-state index is 2.41. The third-order valence-corrected chi connectivity index (χ3v) is 5.84. The minimum Gasteiger partial charge on any atom is -0.0805 e. The Bertz CT molecular complexity index is 488. The third kappa shape index (κ3) is 1.96. The molecule has 0 heterocycles. The van der Waals surface area contributed by atoms with E-state index in [-0.39, 0.29) is 0 Å². The predicted octanol–water partition coefficient (Wildman–Crippen LogP) is 5.35. The lowest BCUT2D eigenvalue weighted by molar-refractivity contribution is 0.416. The summed E-state index contributed by atoms with van der Waals surface area (Å²) in [7, 11) is 0. The number of fused-ring (bicyclic) bond motifs is 1.